The Kier molecular flexibility index (Phi) is 4.05. The van der Waals surface area contributed by atoms with Crippen molar-refractivity contribution in [1.29, 1.82) is 0 Å². The molecule has 0 rings (SSSR count). The summed E-state index contributed by atoms with van der Waals surface area (Å²) in [6.07, 6.45) is 2.30. The molecule has 0 saturated carbocycles. The molecule has 0 bridgehead atoms. The van der Waals surface area contributed by atoms with Crippen LogP contribution in [0.4, 0.5) is 0 Å². The Morgan fingerprint density at radius 3 is 2.67 bits per heavy atom. The second-order valence-electron chi connectivity index (χ2n) is 1.63. The van der Waals surface area contributed by atoms with Crippen molar-refractivity contribution in [3.63, 3.8) is 0 Å². The summed E-state index contributed by atoms with van der Waals surface area (Å²) in [6, 6.07) is 0. The molecule has 0 aliphatic heterocycles. The van der Waals surface area contributed by atoms with E-state index in [-0.39, 0.29) is 5.91 Å². The van der Waals surface area contributed by atoms with Gasteiger partial charge in [0.1, 0.15) is 0 Å². The molecule has 0 fully saturated rings. The Morgan fingerprint density at radius 2 is 2.33 bits per heavy atom. The molecule has 0 aliphatic rings. The van der Waals surface area contributed by atoms with Crippen LogP contribution in [0.25, 0.3) is 0 Å². The highest BCUT2D eigenvalue weighted by Gasteiger charge is 2.04. The van der Waals surface area contributed by atoms with Crippen LogP contribution in [0.1, 0.15) is 13.3 Å². The lowest BCUT2D eigenvalue weighted by molar-refractivity contribution is -0.164. The second kappa shape index (κ2) is 4.32. The molecular weight excluding hydrogens is 118 g/mol. The van der Waals surface area contributed by atoms with Gasteiger partial charge in [0, 0.05) is 7.05 Å². The van der Waals surface area contributed by atoms with Crippen LogP contribution in [0.15, 0.2) is 0 Å². The quantitative estimate of drug-likeness (QED) is 0.524. The van der Waals surface area contributed by atoms with Crippen LogP contribution in [-0.2, 0) is 9.63 Å². The zero-order valence-electron chi connectivity index (χ0n) is 6.05. The Morgan fingerprint density at radius 1 is 1.78 bits per heavy atom. The number of hydrogen-bond donors (Lipinski definition) is 0. The highest BCUT2D eigenvalue weighted by Crippen LogP contribution is 1.91. The third-order valence-electron chi connectivity index (χ3n) is 0.963. The zero-order valence-corrected chi connectivity index (χ0v) is 6.05. The Hall–Kier alpha value is -0.570. The number of rotatable bonds is 3. The molecule has 53 valence electrons. The number of hydrogen-bond acceptors (Lipinski definition) is 2. The summed E-state index contributed by atoms with van der Waals surface area (Å²) in [6.45, 7) is 1.90. The minimum absolute atomic E-state index is 0.0972. The molecule has 9 heavy (non-hydrogen) atoms. The first-order valence-electron chi connectivity index (χ1n) is 2.87. The standard InChI is InChI=1S/C6H12NO2/c1-4-5-6(8)7(2)9-3/h5H,4H2,1-3H3. The maximum atomic E-state index is 10.7. The van der Waals surface area contributed by atoms with Crippen molar-refractivity contribution < 1.29 is 9.63 Å². The molecule has 0 aromatic rings. The topological polar surface area (TPSA) is 29.5 Å². The predicted molar refractivity (Wildman–Crippen MR) is 34.4 cm³/mol. The van der Waals surface area contributed by atoms with E-state index in [4.69, 9.17) is 0 Å². The van der Waals surface area contributed by atoms with Gasteiger partial charge in [-0.25, -0.2) is 5.06 Å². The van der Waals surface area contributed by atoms with Gasteiger partial charge in [0.05, 0.1) is 13.5 Å². The molecule has 0 aromatic carbocycles. The minimum atomic E-state index is -0.0972. The molecule has 1 amide bonds. The average molecular weight is 130 g/mol. The first-order chi connectivity index (χ1) is 4.22. The Bertz CT molecular complexity index is 93.1. The number of hydroxylamine groups is 2. The van der Waals surface area contributed by atoms with Gasteiger partial charge in [0.25, 0.3) is 0 Å². The van der Waals surface area contributed by atoms with Gasteiger partial charge >= 0.3 is 0 Å². The molecule has 0 unspecified atom stereocenters. The van der Waals surface area contributed by atoms with Gasteiger partial charge in [0.2, 0.25) is 5.91 Å². The lowest BCUT2D eigenvalue weighted by Crippen LogP contribution is -2.25. The summed E-state index contributed by atoms with van der Waals surface area (Å²) < 4.78 is 0. The molecular formula is C6H12NO2. The van der Waals surface area contributed by atoms with E-state index in [0.717, 1.165) is 6.42 Å². The van der Waals surface area contributed by atoms with Crippen molar-refractivity contribution in [2.24, 2.45) is 0 Å². The van der Waals surface area contributed by atoms with E-state index >= 15 is 0 Å². The van der Waals surface area contributed by atoms with Crippen LogP contribution in [-0.4, -0.2) is 25.1 Å². The summed E-state index contributed by atoms with van der Waals surface area (Å²) >= 11 is 0. The van der Waals surface area contributed by atoms with Crippen LogP contribution >= 0.6 is 0 Å². The normalized spacial score (nSPS) is 9.22. The maximum absolute atomic E-state index is 10.7. The van der Waals surface area contributed by atoms with Crippen molar-refractivity contribution in [3.8, 4) is 0 Å². The maximum Gasteiger partial charge on any atom is 0.249 e. The van der Waals surface area contributed by atoms with Crippen LogP contribution in [0, 0.1) is 6.42 Å². The fourth-order valence-corrected chi connectivity index (χ4v) is 0.393. The smallest absolute Gasteiger partial charge is 0.249 e. The molecule has 0 N–H and O–H groups in total. The molecule has 0 aliphatic carbocycles. The minimum Gasteiger partial charge on any atom is -0.275 e. The van der Waals surface area contributed by atoms with Crippen LogP contribution in [0.2, 0.25) is 0 Å². The van der Waals surface area contributed by atoms with E-state index in [0.29, 0.717) is 0 Å². The molecule has 1 radical (unpaired) electrons. The lowest BCUT2D eigenvalue weighted by Gasteiger charge is -2.11. The lowest BCUT2D eigenvalue weighted by atomic mass is 10.3. The van der Waals surface area contributed by atoms with E-state index in [1.54, 1.807) is 13.5 Å². The first kappa shape index (κ1) is 8.43. The molecule has 0 saturated heterocycles. The van der Waals surface area contributed by atoms with Crippen LogP contribution < -0.4 is 0 Å². The van der Waals surface area contributed by atoms with E-state index < -0.39 is 0 Å². The van der Waals surface area contributed by atoms with E-state index in [1.807, 2.05) is 6.92 Å². The third kappa shape index (κ3) is 3.08. The first-order valence-corrected chi connectivity index (χ1v) is 2.87. The van der Waals surface area contributed by atoms with Crippen LogP contribution in [0.5, 0.6) is 0 Å². The Balaban J connectivity index is 3.46. The summed E-state index contributed by atoms with van der Waals surface area (Å²) in [5.74, 6) is -0.0972. The highest BCUT2D eigenvalue weighted by molar-refractivity contribution is 5.83. The number of carbonyl (C=O) groups excluding carboxylic acids is 1. The monoisotopic (exact) mass is 130 g/mol. The van der Waals surface area contributed by atoms with E-state index in [1.165, 1.54) is 12.2 Å². The van der Waals surface area contributed by atoms with Gasteiger partial charge in [-0.2, -0.15) is 0 Å². The molecule has 0 spiro atoms. The van der Waals surface area contributed by atoms with Gasteiger partial charge < -0.3 is 0 Å². The summed E-state index contributed by atoms with van der Waals surface area (Å²) in [5, 5.41) is 1.18. The SMILES string of the molecule is CC[CH]C(=O)N(C)OC. The molecule has 3 heteroatoms. The molecule has 0 aromatic heterocycles. The van der Waals surface area contributed by atoms with Gasteiger partial charge in [-0.3, -0.25) is 9.63 Å². The number of carbonyl (C=O) groups is 1. The van der Waals surface area contributed by atoms with Crippen LogP contribution in [0.3, 0.4) is 0 Å². The largest absolute Gasteiger partial charge is 0.275 e. The van der Waals surface area contributed by atoms with Gasteiger partial charge in [-0.05, 0) is 6.42 Å². The predicted octanol–water partition coefficient (Wildman–Crippen LogP) is 0.620. The van der Waals surface area contributed by atoms with E-state index in [9.17, 15) is 4.79 Å². The number of amides is 1. The van der Waals surface area contributed by atoms with E-state index in [2.05, 4.69) is 4.84 Å². The van der Waals surface area contributed by atoms with Crippen molar-refractivity contribution in [2.75, 3.05) is 14.2 Å². The van der Waals surface area contributed by atoms with Gasteiger partial charge in [-0.1, -0.05) is 6.92 Å². The van der Waals surface area contributed by atoms with Crippen molar-refractivity contribution in [3.05, 3.63) is 6.42 Å². The number of nitrogens with zero attached hydrogens (tertiary/aromatic N) is 1. The van der Waals surface area contributed by atoms with Crippen molar-refractivity contribution in [2.45, 2.75) is 13.3 Å². The summed E-state index contributed by atoms with van der Waals surface area (Å²) in [5.41, 5.74) is 0. The van der Waals surface area contributed by atoms with Crippen molar-refractivity contribution in [1.82, 2.24) is 5.06 Å². The Labute approximate surface area is 55.6 Å². The molecule has 3 nitrogen and oxygen atoms in total. The van der Waals surface area contributed by atoms with Crippen molar-refractivity contribution >= 4 is 5.91 Å². The summed E-state index contributed by atoms with van der Waals surface area (Å²) in [7, 11) is 3.04. The average Bonchev–Trinajstić information content (AvgIpc) is 1.87. The second-order valence-corrected chi connectivity index (χ2v) is 1.63. The highest BCUT2D eigenvalue weighted by atomic mass is 16.7. The third-order valence-corrected chi connectivity index (χ3v) is 0.963. The molecule has 0 heterocycles. The fourth-order valence-electron chi connectivity index (χ4n) is 0.393. The summed E-state index contributed by atoms with van der Waals surface area (Å²) in [4.78, 5) is 15.3. The molecule has 0 atom stereocenters. The van der Waals surface area contributed by atoms with Gasteiger partial charge in [0.15, 0.2) is 0 Å². The fraction of sp³-hybridized carbons (Fsp3) is 0.667. The van der Waals surface area contributed by atoms with Gasteiger partial charge in [-0.15, -0.1) is 0 Å². The zero-order chi connectivity index (χ0) is 7.28.